The molecule has 0 spiro atoms. The number of carbonyl (C=O) groups is 3. The van der Waals surface area contributed by atoms with E-state index < -0.39 is 36.7 Å². The summed E-state index contributed by atoms with van der Waals surface area (Å²) in [4.78, 5) is 106. The molecule has 0 N–H and O–H groups in total. The van der Waals surface area contributed by atoms with E-state index in [-0.39, 0.29) is 107 Å². The molecule has 0 radical (unpaired) electrons. The molecule has 1 amide bonds. The minimum absolute atomic E-state index is 0.00908. The Balaban J connectivity index is 0.000000152. The lowest BCUT2D eigenvalue weighted by Gasteiger charge is -2.30. The molecule has 29 heteroatoms. The number of esters is 1. The van der Waals surface area contributed by atoms with Crippen LogP contribution < -0.4 is 10.3 Å². The smallest absolute Gasteiger partial charge is 0.419 e. The topological polar surface area (TPSA) is 339 Å². The van der Waals surface area contributed by atoms with E-state index in [4.69, 9.17) is 23.7 Å². The van der Waals surface area contributed by atoms with Gasteiger partial charge >= 0.3 is 29.5 Å². The molecule has 84 heavy (non-hydrogen) atoms. The van der Waals surface area contributed by atoms with Crippen LogP contribution in [0.15, 0.2) is 169 Å². The van der Waals surface area contributed by atoms with Crippen molar-refractivity contribution in [2.24, 2.45) is 0 Å². The van der Waals surface area contributed by atoms with Crippen LogP contribution in [0.3, 0.4) is 0 Å². The minimum atomic E-state index is -3.83. The van der Waals surface area contributed by atoms with Gasteiger partial charge in [0, 0.05) is 47.8 Å². The number of nitro groups is 3. The monoisotopic (exact) mass is 1180 g/mol. The predicted molar refractivity (Wildman–Crippen MR) is 297 cm³/mol. The highest BCUT2D eigenvalue weighted by Crippen LogP contribution is 2.48. The first kappa shape index (κ1) is 58.4. The van der Waals surface area contributed by atoms with Gasteiger partial charge in [0.05, 0.1) is 26.6 Å². The van der Waals surface area contributed by atoms with Crippen LogP contribution in [0.4, 0.5) is 33.6 Å². The van der Waals surface area contributed by atoms with Crippen molar-refractivity contribution in [3.63, 3.8) is 0 Å². The summed E-state index contributed by atoms with van der Waals surface area (Å²) in [6.07, 6.45) is 2.98. The second-order valence-corrected chi connectivity index (χ2v) is 21.0. The SMILES string of the molecule is Cc1ncc([N+](=O)[O-])n1CCOC(=O)N1c2ccccc2Sc2ccccc21.Cc1ncc([N+](=O)[O-])n1CCOC(=O)c1cc(=O)c2ccccc2o1.Cc1ncc([N+](=O)[O-])n1CCOOCc1ccc2c(c1)S(=O)(=O)c1ccccc1C2=O. The Kier molecular flexibility index (Phi) is 17.6. The van der Waals surface area contributed by atoms with Crippen molar-refractivity contribution < 1.29 is 61.2 Å². The van der Waals surface area contributed by atoms with E-state index in [1.165, 1.54) is 55.3 Å². The summed E-state index contributed by atoms with van der Waals surface area (Å²) in [5.74, 6) is -0.450. The Hall–Kier alpha value is -10.2. The summed E-state index contributed by atoms with van der Waals surface area (Å²) in [6.45, 7) is 5.10. The van der Waals surface area contributed by atoms with Crippen molar-refractivity contribution in [2.45, 2.75) is 66.6 Å². The van der Waals surface area contributed by atoms with Crippen LogP contribution in [0, 0.1) is 51.1 Å². The fraction of sp³-hybridized carbons (Fsp3) is 0.182. The van der Waals surface area contributed by atoms with Crippen LogP contribution in [0.2, 0.25) is 0 Å². The van der Waals surface area contributed by atoms with Crippen molar-refractivity contribution in [3.8, 4) is 0 Å². The van der Waals surface area contributed by atoms with Gasteiger partial charge in [0.1, 0.15) is 70.2 Å². The maximum absolute atomic E-state index is 12.9. The van der Waals surface area contributed by atoms with Crippen LogP contribution in [-0.2, 0) is 55.3 Å². The number of aromatic nitrogens is 6. The summed E-state index contributed by atoms with van der Waals surface area (Å²) in [7, 11) is -3.83. The Labute approximate surface area is 478 Å². The third kappa shape index (κ3) is 12.5. The van der Waals surface area contributed by atoms with Crippen molar-refractivity contribution in [1.82, 2.24) is 28.7 Å². The van der Waals surface area contributed by atoms with Gasteiger partial charge in [0.25, 0.3) is 0 Å². The van der Waals surface area contributed by atoms with Crippen LogP contribution in [-0.4, -0.2) is 89.5 Å². The molecule has 0 bridgehead atoms. The van der Waals surface area contributed by atoms with Gasteiger partial charge in [-0.05, 0) is 81.0 Å². The molecule has 430 valence electrons. The quantitative estimate of drug-likeness (QED) is 0.0286. The van der Waals surface area contributed by atoms with Gasteiger partial charge < -0.3 is 44.2 Å². The standard InChI is InChI=1S/C20H17N3O7S.C19H16N4O4S.C16H13N3O6/c1-13-21-11-19(23(25)26)22(13)8-9-29-30-12-14-6-7-16-18(10-14)31(27,28)17-5-3-2-4-15(17)20(16)24;1-13-20-12-18(23(25)26)21(13)10-11-27-19(24)22-14-6-2-4-8-16(14)28-17-9-5-3-7-15(17)22;1-10-17-9-15(19(22)23)18(10)6-7-24-16(21)14-8-12(20)11-4-2-3-5-13(11)25-14/h2-7,10-11H,8-9,12H2,1H3;2-9,12H,10-11H2,1H3;2-5,8-9H,6-7H2,1H3. The number of benzene rings is 5. The molecule has 2 aliphatic rings. The number of carbonyl (C=O) groups excluding carboxylic acids is 3. The van der Waals surface area contributed by atoms with Gasteiger partial charge in [0.2, 0.25) is 15.6 Å². The average Bonchev–Trinajstić information content (AvgIpc) is 4.20. The van der Waals surface area contributed by atoms with E-state index in [0.29, 0.717) is 28.4 Å². The molecule has 0 unspecified atom stereocenters. The number of hydrogen-bond donors (Lipinski definition) is 0. The van der Waals surface area contributed by atoms with Gasteiger partial charge in [-0.25, -0.2) is 61.3 Å². The number of rotatable bonds is 16. The molecule has 0 saturated heterocycles. The summed E-state index contributed by atoms with van der Waals surface area (Å²) in [5, 5.41) is 33.3. The third-order valence-electron chi connectivity index (χ3n) is 12.9. The Bertz CT molecular complexity index is 4190. The zero-order valence-corrected chi connectivity index (χ0v) is 46.1. The number of ether oxygens (including phenoxy) is 2. The number of para-hydroxylation sites is 3. The number of aryl methyl sites for hydroxylation is 3. The van der Waals surface area contributed by atoms with E-state index in [1.807, 2.05) is 48.5 Å². The van der Waals surface area contributed by atoms with Gasteiger partial charge in [-0.15, -0.1) is 0 Å². The van der Waals surface area contributed by atoms with E-state index in [0.717, 1.165) is 33.4 Å². The zero-order valence-electron chi connectivity index (χ0n) is 44.5. The fourth-order valence-corrected chi connectivity index (χ4v) is 11.6. The second kappa shape index (κ2) is 25.3. The van der Waals surface area contributed by atoms with E-state index in [2.05, 4.69) is 15.0 Å². The molecule has 6 heterocycles. The zero-order chi connectivity index (χ0) is 59.8. The second-order valence-electron chi connectivity index (χ2n) is 18.1. The first-order chi connectivity index (χ1) is 40.3. The summed E-state index contributed by atoms with van der Waals surface area (Å²) >= 11 is 1.60. The van der Waals surface area contributed by atoms with Gasteiger partial charge in [-0.2, -0.15) is 0 Å². The van der Waals surface area contributed by atoms with E-state index >= 15 is 0 Å². The van der Waals surface area contributed by atoms with Crippen molar-refractivity contribution >= 4 is 79.2 Å². The molecule has 9 aromatic rings. The van der Waals surface area contributed by atoms with Crippen LogP contribution >= 0.6 is 11.8 Å². The number of hydrogen-bond acceptors (Lipinski definition) is 21. The summed E-state index contributed by atoms with van der Waals surface area (Å²) in [6, 6.07) is 33.4. The molecule has 27 nitrogen and oxygen atoms in total. The highest BCUT2D eigenvalue weighted by atomic mass is 32.2. The van der Waals surface area contributed by atoms with Crippen LogP contribution in [0.1, 0.15) is 49.5 Å². The molecule has 0 atom stereocenters. The Morgan fingerprint density at radius 2 is 1.10 bits per heavy atom. The minimum Gasteiger partial charge on any atom is -0.456 e. The Morgan fingerprint density at radius 1 is 0.595 bits per heavy atom. The highest BCUT2D eigenvalue weighted by Gasteiger charge is 2.35. The van der Waals surface area contributed by atoms with Crippen molar-refractivity contribution in [3.05, 3.63) is 220 Å². The Morgan fingerprint density at radius 3 is 1.68 bits per heavy atom. The molecule has 2 aliphatic heterocycles. The van der Waals surface area contributed by atoms with Gasteiger partial charge in [0.15, 0.2) is 28.7 Å². The molecular formula is C55H46N10O17S2. The number of nitrogens with zero attached hydrogens (tertiary/aromatic N) is 10. The number of anilines is 2. The summed E-state index contributed by atoms with van der Waals surface area (Å²) < 4.78 is 45.9. The van der Waals surface area contributed by atoms with E-state index in [9.17, 15) is 57.9 Å². The molecule has 0 saturated carbocycles. The molecule has 5 aromatic carbocycles. The molecule has 0 fully saturated rings. The molecule has 0 aliphatic carbocycles. The number of sulfone groups is 1. The molecular weight excluding hydrogens is 1140 g/mol. The number of imidazole rings is 3. The third-order valence-corrected chi connectivity index (χ3v) is 15.9. The maximum Gasteiger partial charge on any atom is 0.419 e. The van der Waals surface area contributed by atoms with Gasteiger partial charge in [-0.3, -0.25) is 9.59 Å². The van der Waals surface area contributed by atoms with E-state index in [1.54, 1.807) is 75.0 Å². The predicted octanol–water partition coefficient (Wildman–Crippen LogP) is 9.23. The number of ketones is 1. The lowest BCUT2D eigenvalue weighted by molar-refractivity contribution is -0.392. The van der Waals surface area contributed by atoms with Crippen LogP contribution in [0.5, 0.6) is 0 Å². The van der Waals surface area contributed by atoms with Crippen molar-refractivity contribution in [2.75, 3.05) is 24.7 Å². The lowest BCUT2D eigenvalue weighted by Crippen LogP contribution is -2.30. The first-order valence-electron chi connectivity index (χ1n) is 25.1. The molecule has 4 aromatic heterocycles. The normalized spacial score (nSPS) is 12.5. The lowest BCUT2D eigenvalue weighted by atomic mass is 10.0. The average molecular weight is 1180 g/mol. The number of amides is 1. The fourth-order valence-electron chi connectivity index (χ4n) is 8.85. The van der Waals surface area contributed by atoms with Crippen LogP contribution in [0.25, 0.3) is 11.0 Å². The number of fused-ring (bicyclic) bond motifs is 5. The summed E-state index contributed by atoms with van der Waals surface area (Å²) in [5.41, 5.74) is 2.21. The first-order valence-corrected chi connectivity index (χ1v) is 27.4. The molecule has 11 rings (SSSR count). The highest BCUT2D eigenvalue weighted by molar-refractivity contribution is 7.99. The maximum atomic E-state index is 12.9. The van der Waals surface area contributed by atoms with Crippen molar-refractivity contribution in [1.29, 1.82) is 0 Å². The van der Waals surface area contributed by atoms with Gasteiger partial charge in [-0.1, -0.05) is 66.4 Å². The largest absolute Gasteiger partial charge is 0.456 e.